The Labute approximate surface area is 291 Å². The van der Waals surface area contributed by atoms with Crippen LogP contribution in [0.4, 0.5) is 8.78 Å². The Morgan fingerprint density at radius 1 is 0.735 bits per heavy atom. The summed E-state index contributed by atoms with van der Waals surface area (Å²) < 4.78 is 39.7. The van der Waals surface area contributed by atoms with Gasteiger partial charge in [0.25, 0.3) is 5.92 Å². The molecule has 0 spiro atoms. The summed E-state index contributed by atoms with van der Waals surface area (Å²) in [7, 11) is 0. The molecule has 2 aliphatic heterocycles. The van der Waals surface area contributed by atoms with Gasteiger partial charge in [0.1, 0.15) is 13.2 Å². The van der Waals surface area contributed by atoms with Crippen LogP contribution in [-0.4, -0.2) is 67.5 Å². The Morgan fingerprint density at radius 2 is 1.33 bits per heavy atom. The van der Waals surface area contributed by atoms with E-state index in [4.69, 9.17) is 9.47 Å². The van der Waals surface area contributed by atoms with E-state index in [2.05, 4.69) is 52.3 Å². The van der Waals surface area contributed by atoms with Crippen molar-refractivity contribution in [2.75, 3.05) is 46.0 Å². The van der Waals surface area contributed by atoms with Gasteiger partial charge in [0, 0.05) is 38.0 Å². The highest BCUT2D eigenvalue weighted by atomic mass is 19.3. The van der Waals surface area contributed by atoms with Crippen molar-refractivity contribution in [1.29, 1.82) is 0 Å². The molecule has 3 aromatic rings. The number of halogens is 2. The van der Waals surface area contributed by atoms with Crippen molar-refractivity contribution >= 4 is 5.78 Å². The molecular weight excluding hydrogens is 618 g/mol. The maximum Gasteiger partial charge on any atom is 0.275 e. The zero-order valence-electron chi connectivity index (χ0n) is 27.8. The molecule has 2 saturated heterocycles. The summed E-state index contributed by atoms with van der Waals surface area (Å²) in [6.45, 7) is 5.10. The van der Waals surface area contributed by atoms with Gasteiger partial charge >= 0.3 is 0 Å². The standard InChI is InChI=1S/C21H25NO2.C20H23F2NO.CH4/c23-21(17-24-16-19-10-4-1-2-5-11-19)20-12-13-22(15-20)14-18-8-6-3-7-9-18;21-20(22,16-24-15-18-9-5-2-6-10-18)19-11-12-23(14-19)13-17-7-3-1-4-8-17;/h1,3-11,20H,2,12-17H2;1-10,19H,11-16H2;1H4. The van der Waals surface area contributed by atoms with Gasteiger partial charge in [0.05, 0.1) is 13.2 Å². The Bertz CT molecular complexity index is 1480. The van der Waals surface area contributed by atoms with E-state index in [-0.39, 0.29) is 32.3 Å². The first kappa shape index (κ1) is 38.1. The quantitative estimate of drug-likeness (QED) is 0.172. The topological polar surface area (TPSA) is 42.0 Å². The number of carbonyl (C=O) groups excluding carboxylic acids is 1. The summed E-state index contributed by atoms with van der Waals surface area (Å²) in [6.07, 6.45) is 12.8. The van der Waals surface area contributed by atoms with Crippen LogP contribution in [-0.2, 0) is 34.0 Å². The molecule has 0 aromatic heterocycles. The van der Waals surface area contributed by atoms with Crippen molar-refractivity contribution in [3.63, 3.8) is 0 Å². The zero-order valence-corrected chi connectivity index (χ0v) is 27.8. The molecule has 3 aliphatic rings. The summed E-state index contributed by atoms with van der Waals surface area (Å²) in [5, 5.41) is 0. The van der Waals surface area contributed by atoms with Gasteiger partial charge in [-0.15, -0.1) is 0 Å². The SMILES string of the molecule is C.FC(F)(COCc1ccccc1)C1CCN(Cc2ccccc2)C1.O=C(COCC1=CC=CCC=C1)C1CCN(Cc2ccccc2)C1. The fourth-order valence-corrected chi connectivity index (χ4v) is 6.35. The highest BCUT2D eigenvalue weighted by Gasteiger charge is 2.43. The lowest BCUT2D eigenvalue weighted by Crippen LogP contribution is -2.35. The van der Waals surface area contributed by atoms with E-state index in [1.54, 1.807) is 0 Å². The van der Waals surface area contributed by atoms with Crippen molar-refractivity contribution in [3.8, 4) is 0 Å². The van der Waals surface area contributed by atoms with Crippen LogP contribution in [0.3, 0.4) is 0 Å². The molecule has 5 nitrogen and oxygen atoms in total. The summed E-state index contributed by atoms with van der Waals surface area (Å²) in [5.41, 5.74) is 4.52. The fourth-order valence-electron chi connectivity index (χ4n) is 6.35. The second kappa shape index (κ2) is 20.1. The van der Waals surface area contributed by atoms with Gasteiger partial charge in [0.15, 0.2) is 5.78 Å². The molecule has 7 heteroatoms. The Balaban J connectivity index is 0.000000216. The molecule has 2 fully saturated rings. The minimum Gasteiger partial charge on any atom is -0.371 e. The molecule has 262 valence electrons. The van der Waals surface area contributed by atoms with Crippen LogP contribution in [0.2, 0.25) is 0 Å². The number of nitrogens with zero attached hydrogens (tertiary/aromatic N) is 2. The van der Waals surface area contributed by atoms with Crippen molar-refractivity contribution < 1.29 is 23.0 Å². The smallest absolute Gasteiger partial charge is 0.275 e. The van der Waals surface area contributed by atoms with Gasteiger partial charge in [0.2, 0.25) is 0 Å². The number of carbonyl (C=O) groups is 1. The van der Waals surface area contributed by atoms with Crippen LogP contribution in [0.5, 0.6) is 0 Å². The molecule has 0 radical (unpaired) electrons. The first-order valence-electron chi connectivity index (χ1n) is 17.1. The lowest BCUT2D eigenvalue weighted by Gasteiger charge is -2.24. The third kappa shape index (κ3) is 12.9. The second-order valence-electron chi connectivity index (χ2n) is 12.9. The van der Waals surface area contributed by atoms with Crippen LogP contribution in [0.15, 0.2) is 127 Å². The number of hydrogen-bond donors (Lipinski definition) is 0. The normalized spacial score (nSPS) is 19.4. The third-order valence-electron chi connectivity index (χ3n) is 9.06. The monoisotopic (exact) mass is 670 g/mol. The van der Waals surface area contributed by atoms with Crippen LogP contribution < -0.4 is 0 Å². The lowest BCUT2D eigenvalue weighted by atomic mass is 10.0. The highest BCUT2D eigenvalue weighted by molar-refractivity contribution is 5.82. The van der Waals surface area contributed by atoms with Gasteiger partial charge in [-0.1, -0.05) is 129 Å². The second-order valence-corrected chi connectivity index (χ2v) is 12.9. The van der Waals surface area contributed by atoms with E-state index >= 15 is 0 Å². The van der Waals surface area contributed by atoms with Gasteiger partial charge in [-0.25, -0.2) is 8.78 Å². The highest BCUT2D eigenvalue weighted by Crippen LogP contribution is 2.33. The molecule has 0 bridgehead atoms. The van der Waals surface area contributed by atoms with E-state index in [9.17, 15) is 13.6 Å². The van der Waals surface area contributed by atoms with Gasteiger partial charge in [-0.05, 0) is 54.6 Å². The van der Waals surface area contributed by atoms with Crippen molar-refractivity contribution in [3.05, 3.63) is 144 Å². The van der Waals surface area contributed by atoms with Crippen molar-refractivity contribution in [2.45, 2.75) is 52.3 Å². The number of benzene rings is 3. The van der Waals surface area contributed by atoms with E-state index < -0.39 is 18.4 Å². The molecule has 2 unspecified atom stereocenters. The Kier molecular flexibility index (Phi) is 15.6. The predicted octanol–water partition coefficient (Wildman–Crippen LogP) is 8.53. The zero-order chi connectivity index (χ0) is 33.4. The van der Waals surface area contributed by atoms with E-state index in [0.29, 0.717) is 26.1 Å². The number of allylic oxidation sites excluding steroid dienone is 4. The summed E-state index contributed by atoms with van der Waals surface area (Å²) in [4.78, 5) is 16.8. The number of hydrogen-bond acceptors (Lipinski definition) is 5. The summed E-state index contributed by atoms with van der Waals surface area (Å²) in [5.74, 6) is -3.05. The number of rotatable bonds is 14. The molecule has 0 amide bonds. The lowest BCUT2D eigenvalue weighted by molar-refractivity contribution is -0.126. The first-order valence-corrected chi connectivity index (χ1v) is 17.1. The molecule has 0 N–H and O–H groups in total. The molecule has 2 atom stereocenters. The number of ketones is 1. The molecule has 0 saturated carbocycles. The van der Waals surface area contributed by atoms with Crippen molar-refractivity contribution in [2.24, 2.45) is 11.8 Å². The number of ether oxygens (including phenoxy) is 2. The predicted molar refractivity (Wildman–Crippen MR) is 194 cm³/mol. The van der Waals surface area contributed by atoms with Crippen LogP contribution in [0, 0.1) is 11.8 Å². The third-order valence-corrected chi connectivity index (χ3v) is 9.06. The largest absolute Gasteiger partial charge is 0.371 e. The van der Waals surface area contributed by atoms with Gasteiger partial charge in [-0.2, -0.15) is 0 Å². The van der Waals surface area contributed by atoms with Crippen molar-refractivity contribution in [1.82, 2.24) is 9.80 Å². The number of Topliss-reactive ketones (excluding diaryl/α,β-unsaturated/α-hetero) is 1. The van der Waals surface area contributed by atoms with Gasteiger partial charge < -0.3 is 9.47 Å². The van der Waals surface area contributed by atoms with E-state index in [1.807, 2.05) is 78.9 Å². The summed E-state index contributed by atoms with van der Waals surface area (Å²) in [6, 6.07) is 29.9. The average molecular weight is 671 g/mol. The minimum atomic E-state index is -2.78. The Hall–Kier alpha value is -3.75. The molecule has 2 heterocycles. The molecule has 6 rings (SSSR count). The molecule has 1 aliphatic carbocycles. The van der Waals surface area contributed by atoms with Crippen LogP contribution >= 0.6 is 0 Å². The van der Waals surface area contributed by atoms with Crippen LogP contribution in [0.25, 0.3) is 0 Å². The fraction of sp³-hybridized carbons (Fsp3) is 0.405. The van der Waals surface area contributed by atoms with E-state index in [1.165, 1.54) is 11.1 Å². The number of likely N-dealkylation sites (tertiary alicyclic amines) is 2. The van der Waals surface area contributed by atoms with Gasteiger partial charge in [-0.3, -0.25) is 14.6 Å². The minimum absolute atomic E-state index is 0. The van der Waals surface area contributed by atoms with Crippen LogP contribution in [0.1, 0.15) is 43.4 Å². The maximum atomic E-state index is 14.4. The number of alkyl halides is 2. The summed E-state index contributed by atoms with van der Waals surface area (Å²) >= 11 is 0. The first-order chi connectivity index (χ1) is 23.4. The maximum absolute atomic E-state index is 14.4. The molecular formula is C42H52F2N2O3. The molecule has 49 heavy (non-hydrogen) atoms. The Morgan fingerprint density at radius 3 is 1.98 bits per heavy atom. The average Bonchev–Trinajstić information content (AvgIpc) is 3.71. The molecule has 3 aromatic carbocycles. The van der Waals surface area contributed by atoms with E-state index in [0.717, 1.165) is 50.2 Å².